The van der Waals surface area contributed by atoms with E-state index in [1.807, 2.05) is 11.4 Å². The average molecular weight is 358 g/mol. The van der Waals surface area contributed by atoms with E-state index >= 15 is 0 Å². The van der Waals surface area contributed by atoms with Crippen LogP contribution in [0, 0.1) is 17.3 Å². The molecule has 1 saturated heterocycles. The summed E-state index contributed by atoms with van der Waals surface area (Å²) in [6.07, 6.45) is 4.20. The van der Waals surface area contributed by atoms with Gasteiger partial charge in [0.15, 0.2) is 0 Å². The summed E-state index contributed by atoms with van der Waals surface area (Å²) < 4.78 is 11.6. The highest BCUT2D eigenvalue weighted by molar-refractivity contribution is 7.11. The number of hydrogen-bond donors (Lipinski definition) is 0. The second-order valence-electron chi connectivity index (χ2n) is 7.58. The van der Waals surface area contributed by atoms with Gasteiger partial charge < -0.3 is 9.47 Å². The van der Waals surface area contributed by atoms with Gasteiger partial charge in [-0.15, -0.1) is 11.3 Å². The Bertz CT molecular complexity index is 763. The molecule has 0 bridgehead atoms. The molecule has 0 unspecified atom stereocenters. The molecule has 0 amide bonds. The molecule has 2 aliphatic carbocycles. The molecular formula is C20H22O4S. The van der Waals surface area contributed by atoms with Crippen molar-refractivity contribution in [3.8, 4) is 0 Å². The Morgan fingerprint density at radius 1 is 1.48 bits per heavy atom. The summed E-state index contributed by atoms with van der Waals surface area (Å²) >= 11 is 1.39. The number of carbonyl (C=O) groups is 2. The quantitative estimate of drug-likeness (QED) is 0.453. The minimum Gasteiger partial charge on any atom is -0.458 e. The van der Waals surface area contributed by atoms with E-state index in [-0.39, 0.29) is 41.4 Å². The second kappa shape index (κ2) is 5.84. The van der Waals surface area contributed by atoms with Crippen LogP contribution in [0.3, 0.4) is 0 Å². The van der Waals surface area contributed by atoms with Crippen LogP contribution in [-0.4, -0.2) is 24.1 Å². The molecule has 132 valence electrons. The summed E-state index contributed by atoms with van der Waals surface area (Å²) in [6, 6.07) is 3.64. The van der Waals surface area contributed by atoms with Crippen molar-refractivity contribution in [1.29, 1.82) is 0 Å². The van der Waals surface area contributed by atoms with Gasteiger partial charge in [0.05, 0.1) is 0 Å². The molecule has 1 aliphatic heterocycles. The number of hydrogen-bond acceptors (Lipinski definition) is 5. The van der Waals surface area contributed by atoms with Crippen molar-refractivity contribution in [2.75, 3.05) is 0 Å². The van der Waals surface area contributed by atoms with E-state index in [9.17, 15) is 9.59 Å². The largest absolute Gasteiger partial charge is 0.458 e. The Hall–Kier alpha value is -1.88. The Labute approximate surface area is 151 Å². The number of fused-ring (bicyclic) bond motifs is 3. The van der Waals surface area contributed by atoms with Gasteiger partial charge in [-0.2, -0.15) is 0 Å². The van der Waals surface area contributed by atoms with Gasteiger partial charge in [-0.05, 0) is 31.2 Å². The average Bonchev–Trinajstić information content (AvgIpc) is 3.19. The lowest BCUT2D eigenvalue weighted by molar-refractivity contribution is -0.149. The van der Waals surface area contributed by atoms with E-state index < -0.39 is 0 Å². The van der Waals surface area contributed by atoms with Gasteiger partial charge in [0.25, 0.3) is 0 Å². The molecule has 1 aromatic heterocycles. The topological polar surface area (TPSA) is 52.6 Å². The molecule has 4 nitrogen and oxygen atoms in total. The molecule has 25 heavy (non-hydrogen) atoms. The Morgan fingerprint density at radius 3 is 3.00 bits per heavy atom. The predicted octanol–water partition coefficient (Wildman–Crippen LogP) is 4.14. The standard InChI is InChI=1S/C20H22O4S/c1-11-6-7-15(23-19(22)14-5-4-10-25-14)20(3)9-8-13-12(2)18(21)24-17(13)16(11)20/h4-6,10,13,15-17H,2,7-9H2,1,3H3/t13-,15+,16+,17-,20-/m0/s1. The van der Waals surface area contributed by atoms with Gasteiger partial charge in [0, 0.05) is 29.2 Å². The molecule has 0 radical (unpaired) electrons. The molecule has 0 N–H and O–H groups in total. The smallest absolute Gasteiger partial charge is 0.348 e. The minimum absolute atomic E-state index is 0.0735. The monoisotopic (exact) mass is 358 g/mol. The summed E-state index contributed by atoms with van der Waals surface area (Å²) in [4.78, 5) is 25.1. The van der Waals surface area contributed by atoms with Crippen molar-refractivity contribution in [3.63, 3.8) is 0 Å². The van der Waals surface area contributed by atoms with E-state index in [4.69, 9.17) is 9.47 Å². The highest BCUT2D eigenvalue weighted by atomic mass is 32.1. The van der Waals surface area contributed by atoms with Crippen molar-refractivity contribution in [2.24, 2.45) is 17.3 Å². The van der Waals surface area contributed by atoms with Crippen LogP contribution in [0.25, 0.3) is 0 Å². The van der Waals surface area contributed by atoms with E-state index in [0.717, 1.165) is 12.8 Å². The van der Waals surface area contributed by atoms with Gasteiger partial charge in [-0.1, -0.05) is 31.2 Å². The predicted molar refractivity (Wildman–Crippen MR) is 95.2 cm³/mol. The third kappa shape index (κ3) is 2.48. The molecule has 0 spiro atoms. The van der Waals surface area contributed by atoms with Gasteiger partial charge in [-0.25, -0.2) is 9.59 Å². The molecule has 3 aliphatic rings. The van der Waals surface area contributed by atoms with Crippen molar-refractivity contribution in [2.45, 2.75) is 45.3 Å². The summed E-state index contributed by atoms with van der Waals surface area (Å²) in [5.74, 6) is -0.377. The fourth-order valence-electron chi connectivity index (χ4n) is 4.86. The molecule has 1 aromatic rings. The molecule has 1 saturated carbocycles. The first-order chi connectivity index (χ1) is 11.9. The number of ether oxygens (including phenoxy) is 2. The summed E-state index contributed by atoms with van der Waals surface area (Å²) in [5, 5.41) is 1.88. The van der Waals surface area contributed by atoms with Crippen LogP contribution in [0.2, 0.25) is 0 Å². The zero-order chi connectivity index (χ0) is 17.8. The van der Waals surface area contributed by atoms with Crippen LogP contribution in [0.1, 0.15) is 42.8 Å². The lowest BCUT2D eigenvalue weighted by Crippen LogP contribution is -2.53. The molecule has 2 heterocycles. The normalized spacial score (nSPS) is 37.0. The maximum absolute atomic E-state index is 12.5. The van der Waals surface area contributed by atoms with Gasteiger partial charge in [0.2, 0.25) is 0 Å². The number of thiophene rings is 1. The van der Waals surface area contributed by atoms with Crippen molar-refractivity contribution >= 4 is 23.3 Å². The summed E-state index contributed by atoms with van der Waals surface area (Å²) in [5.41, 5.74) is 1.60. The maximum Gasteiger partial charge on any atom is 0.348 e. The van der Waals surface area contributed by atoms with Gasteiger partial charge in [-0.3, -0.25) is 0 Å². The second-order valence-corrected chi connectivity index (χ2v) is 8.53. The highest BCUT2D eigenvalue weighted by Crippen LogP contribution is 2.56. The summed E-state index contributed by atoms with van der Waals surface area (Å²) in [7, 11) is 0. The summed E-state index contributed by atoms with van der Waals surface area (Å²) in [6.45, 7) is 8.20. The van der Waals surface area contributed by atoms with Crippen molar-refractivity contribution in [3.05, 3.63) is 46.2 Å². The minimum atomic E-state index is -0.273. The van der Waals surface area contributed by atoms with Crippen LogP contribution in [0.5, 0.6) is 0 Å². The van der Waals surface area contributed by atoms with Crippen LogP contribution >= 0.6 is 11.3 Å². The Balaban J connectivity index is 1.63. The van der Waals surface area contributed by atoms with Crippen LogP contribution in [0.15, 0.2) is 41.3 Å². The van der Waals surface area contributed by atoms with E-state index in [1.165, 1.54) is 16.9 Å². The number of rotatable bonds is 2. The van der Waals surface area contributed by atoms with E-state index in [0.29, 0.717) is 16.9 Å². The Kier molecular flexibility index (Phi) is 3.87. The first-order valence-corrected chi connectivity index (χ1v) is 9.60. The van der Waals surface area contributed by atoms with Gasteiger partial charge in [0.1, 0.15) is 17.1 Å². The lowest BCUT2D eigenvalue weighted by atomic mass is 9.55. The van der Waals surface area contributed by atoms with E-state index in [1.54, 1.807) is 6.07 Å². The van der Waals surface area contributed by atoms with E-state index in [2.05, 4.69) is 26.5 Å². The zero-order valence-electron chi connectivity index (χ0n) is 14.5. The third-order valence-electron chi connectivity index (χ3n) is 6.23. The highest BCUT2D eigenvalue weighted by Gasteiger charge is 2.58. The molecule has 0 aromatic carbocycles. The first-order valence-electron chi connectivity index (χ1n) is 8.72. The molecular weight excluding hydrogens is 336 g/mol. The van der Waals surface area contributed by atoms with Crippen molar-refractivity contribution < 1.29 is 19.1 Å². The van der Waals surface area contributed by atoms with Crippen LogP contribution in [0.4, 0.5) is 0 Å². The zero-order valence-corrected chi connectivity index (χ0v) is 15.3. The first kappa shape index (κ1) is 16.6. The maximum atomic E-state index is 12.5. The van der Waals surface area contributed by atoms with Crippen molar-refractivity contribution in [1.82, 2.24) is 0 Å². The van der Waals surface area contributed by atoms with Crippen LogP contribution < -0.4 is 0 Å². The van der Waals surface area contributed by atoms with Gasteiger partial charge >= 0.3 is 11.9 Å². The molecule has 2 fully saturated rings. The van der Waals surface area contributed by atoms with Crippen LogP contribution in [-0.2, 0) is 14.3 Å². The molecule has 5 heteroatoms. The molecule has 5 atom stereocenters. The fourth-order valence-corrected chi connectivity index (χ4v) is 5.47. The Morgan fingerprint density at radius 2 is 2.28 bits per heavy atom. The SMILES string of the molecule is C=C1C(=O)O[C@@H]2[C@H]3C(C)=CC[C@@H](OC(=O)c4cccs4)[C@]3(C)CC[C@@H]12. The third-order valence-corrected chi connectivity index (χ3v) is 7.08. The lowest BCUT2D eigenvalue weighted by Gasteiger charge is -2.52. The fraction of sp³-hybridized carbons (Fsp3) is 0.500. The number of esters is 2. The molecule has 4 rings (SSSR count). The number of carbonyl (C=O) groups excluding carboxylic acids is 2.